The van der Waals surface area contributed by atoms with Gasteiger partial charge in [0.15, 0.2) is 0 Å². The van der Waals surface area contributed by atoms with Crippen molar-refractivity contribution in [2.75, 3.05) is 62.3 Å². The number of halogens is 2. The van der Waals surface area contributed by atoms with E-state index in [9.17, 15) is 9.59 Å². The van der Waals surface area contributed by atoms with E-state index >= 15 is 0 Å². The molecule has 0 saturated carbocycles. The molecule has 0 aliphatic carbocycles. The highest BCUT2D eigenvalue weighted by Gasteiger charge is 2.47. The maximum Gasteiger partial charge on any atom is 0.350 e. The zero-order valence-corrected chi connectivity index (χ0v) is 29.9. The molecule has 50 heavy (non-hydrogen) atoms. The van der Waals surface area contributed by atoms with Gasteiger partial charge in [-0.1, -0.05) is 36.2 Å². The van der Waals surface area contributed by atoms with Crippen molar-refractivity contribution in [1.29, 1.82) is 0 Å². The Bertz CT molecular complexity index is 1860. The third-order valence-electron chi connectivity index (χ3n) is 9.88. The van der Waals surface area contributed by atoms with Gasteiger partial charge in [-0.05, 0) is 80.4 Å². The first-order valence-electron chi connectivity index (χ1n) is 17.3. The maximum atomic E-state index is 12.8. The van der Waals surface area contributed by atoms with Crippen molar-refractivity contribution in [2.24, 2.45) is 0 Å². The Labute approximate surface area is 301 Å². The Morgan fingerprint density at radius 1 is 0.920 bits per heavy atom. The predicted molar refractivity (Wildman–Crippen MR) is 194 cm³/mol. The Hall–Kier alpha value is -4.03. The minimum atomic E-state index is -1.19. The zero-order chi connectivity index (χ0) is 34.8. The van der Waals surface area contributed by atoms with Gasteiger partial charge in [0.25, 0.3) is 0 Å². The maximum absolute atomic E-state index is 12.8. The van der Waals surface area contributed by atoms with Crippen molar-refractivity contribution in [2.45, 2.75) is 51.0 Å². The van der Waals surface area contributed by atoms with E-state index in [1.807, 2.05) is 38.1 Å². The summed E-state index contributed by atoms with van der Waals surface area (Å²) in [5.74, 6) is -0.375. The molecule has 3 aromatic carbocycles. The van der Waals surface area contributed by atoms with Gasteiger partial charge in [0.2, 0.25) is 11.7 Å². The molecule has 3 fully saturated rings. The molecule has 13 heteroatoms. The zero-order valence-electron chi connectivity index (χ0n) is 28.3. The standard InChI is InChI=1S/C37H42Cl2N6O5/c1-3-26(2)45-36(47)44(25-40-45)30-9-7-28(8-10-30)41-17-19-42(20-18-41)29-11-13-31(14-12-29)48-22-32-23-49-37(50-32,24-43-16-4-5-35(43)46)33-15-6-27(38)21-34(33)39/h6-15,21,25-26,32H,3-5,16-20,22-24H2,1-2H3/t26?,32-,37-/m1/s1. The number of nitrogens with zero attached hydrogens (tertiary/aromatic N) is 6. The number of piperazine rings is 1. The highest BCUT2D eigenvalue weighted by Crippen LogP contribution is 2.40. The summed E-state index contributed by atoms with van der Waals surface area (Å²) >= 11 is 12.8. The van der Waals surface area contributed by atoms with Crippen LogP contribution in [0.2, 0.25) is 10.0 Å². The number of benzene rings is 3. The average molecular weight is 722 g/mol. The Morgan fingerprint density at radius 3 is 2.20 bits per heavy atom. The van der Waals surface area contributed by atoms with Crippen LogP contribution in [-0.4, -0.2) is 83.7 Å². The van der Waals surface area contributed by atoms with Gasteiger partial charge in [-0.25, -0.2) is 14.0 Å². The normalized spacial score (nSPS) is 21.6. The molecule has 7 rings (SSSR count). The fourth-order valence-electron chi connectivity index (χ4n) is 6.84. The van der Waals surface area contributed by atoms with E-state index < -0.39 is 5.79 Å². The summed E-state index contributed by atoms with van der Waals surface area (Å²) in [6.07, 6.45) is 3.42. The SMILES string of the molecule is CCC(C)n1ncn(-c2ccc(N3CCN(c4ccc(OC[C@@H]5CO[C@@](CN6CCCC6=O)(c6ccc(Cl)cc6Cl)O5)cc4)CC3)cc2)c1=O. The van der Waals surface area contributed by atoms with E-state index in [4.69, 9.17) is 37.4 Å². The first-order chi connectivity index (χ1) is 24.2. The molecule has 3 aliphatic rings. The molecule has 4 heterocycles. The molecule has 1 aromatic heterocycles. The largest absolute Gasteiger partial charge is 0.491 e. The molecule has 11 nitrogen and oxygen atoms in total. The summed E-state index contributed by atoms with van der Waals surface area (Å²) in [7, 11) is 0. The number of aromatic nitrogens is 3. The molecule has 3 atom stereocenters. The van der Waals surface area contributed by atoms with Crippen LogP contribution in [0.5, 0.6) is 5.75 Å². The lowest BCUT2D eigenvalue weighted by Gasteiger charge is -2.37. The molecule has 3 saturated heterocycles. The first-order valence-corrected chi connectivity index (χ1v) is 18.0. The predicted octanol–water partition coefficient (Wildman–Crippen LogP) is 5.91. The number of ether oxygens (including phenoxy) is 3. The summed E-state index contributed by atoms with van der Waals surface area (Å²) in [5, 5.41) is 5.24. The Balaban J connectivity index is 0.925. The lowest BCUT2D eigenvalue weighted by molar-refractivity contribution is -0.192. The number of rotatable bonds is 11. The smallest absolute Gasteiger partial charge is 0.350 e. The van der Waals surface area contributed by atoms with Gasteiger partial charge in [-0.3, -0.25) is 4.79 Å². The van der Waals surface area contributed by atoms with Gasteiger partial charge in [0.1, 0.15) is 24.8 Å². The number of hydrogen-bond donors (Lipinski definition) is 0. The van der Waals surface area contributed by atoms with Gasteiger partial charge in [0, 0.05) is 61.1 Å². The molecule has 4 aromatic rings. The lowest BCUT2D eigenvalue weighted by Crippen LogP contribution is -2.46. The molecule has 264 valence electrons. The molecular formula is C37H42Cl2N6O5. The van der Waals surface area contributed by atoms with Crippen LogP contribution in [0.25, 0.3) is 5.69 Å². The second kappa shape index (κ2) is 14.7. The topological polar surface area (TPSA) is 94.3 Å². The minimum Gasteiger partial charge on any atom is -0.491 e. The Morgan fingerprint density at radius 2 is 1.58 bits per heavy atom. The fourth-order valence-corrected chi connectivity index (χ4v) is 7.39. The van der Waals surface area contributed by atoms with Crippen LogP contribution in [0.3, 0.4) is 0 Å². The van der Waals surface area contributed by atoms with Crippen molar-refractivity contribution >= 4 is 40.5 Å². The van der Waals surface area contributed by atoms with Crippen LogP contribution in [0, 0.1) is 0 Å². The number of likely N-dealkylation sites (tertiary alicyclic amines) is 1. The van der Waals surface area contributed by atoms with Gasteiger partial charge in [0.05, 0.1) is 29.9 Å². The minimum absolute atomic E-state index is 0.0618. The monoisotopic (exact) mass is 720 g/mol. The van der Waals surface area contributed by atoms with Gasteiger partial charge in [-0.2, -0.15) is 5.10 Å². The van der Waals surface area contributed by atoms with Crippen LogP contribution < -0.4 is 20.2 Å². The van der Waals surface area contributed by atoms with E-state index in [0.29, 0.717) is 35.2 Å². The summed E-state index contributed by atoms with van der Waals surface area (Å²) in [6.45, 7) is 9.06. The number of amides is 1. The third kappa shape index (κ3) is 7.10. The summed E-state index contributed by atoms with van der Waals surface area (Å²) in [4.78, 5) is 31.8. The van der Waals surface area contributed by atoms with Crippen LogP contribution in [0.15, 0.2) is 77.9 Å². The van der Waals surface area contributed by atoms with Crippen molar-refractivity contribution in [1.82, 2.24) is 19.2 Å². The third-order valence-corrected chi connectivity index (χ3v) is 10.4. The average Bonchev–Trinajstić information content (AvgIpc) is 3.86. The molecule has 0 bridgehead atoms. The molecule has 0 radical (unpaired) electrons. The number of carbonyl (C=O) groups is 1. The van der Waals surface area contributed by atoms with Crippen LogP contribution in [0.1, 0.15) is 44.7 Å². The molecular weight excluding hydrogens is 679 g/mol. The molecule has 0 spiro atoms. The summed E-state index contributed by atoms with van der Waals surface area (Å²) < 4.78 is 22.1. The lowest BCUT2D eigenvalue weighted by atomic mass is 10.0. The van der Waals surface area contributed by atoms with Crippen LogP contribution >= 0.6 is 23.2 Å². The fraction of sp³-hybridized carbons (Fsp3) is 0.432. The number of anilines is 2. The van der Waals surface area contributed by atoms with E-state index in [1.165, 1.54) is 4.68 Å². The first kappa shape index (κ1) is 34.4. The molecule has 0 N–H and O–H groups in total. The van der Waals surface area contributed by atoms with E-state index in [0.717, 1.165) is 61.8 Å². The van der Waals surface area contributed by atoms with Gasteiger partial charge < -0.3 is 28.9 Å². The Kier molecular flexibility index (Phi) is 10.1. The number of hydrogen-bond acceptors (Lipinski definition) is 8. The number of carbonyl (C=O) groups excluding carboxylic acids is 1. The summed E-state index contributed by atoms with van der Waals surface area (Å²) in [5.41, 5.74) is 3.61. The van der Waals surface area contributed by atoms with Gasteiger partial charge in [-0.15, -0.1) is 0 Å². The second-order valence-corrected chi connectivity index (χ2v) is 14.0. The van der Waals surface area contributed by atoms with Crippen LogP contribution in [-0.2, 0) is 20.1 Å². The van der Waals surface area contributed by atoms with Crippen molar-refractivity contribution in [3.05, 3.63) is 99.2 Å². The second-order valence-electron chi connectivity index (χ2n) is 13.1. The van der Waals surface area contributed by atoms with Crippen molar-refractivity contribution in [3.63, 3.8) is 0 Å². The van der Waals surface area contributed by atoms with Crippen LogP contribution in [0.4, 0.5) is 11.4 Å². The highest BCUT2D eigenvalue weighted by molar-refractivity contribution is 6.35. The molecule has 1 amide bonds. The van der Waals surface area contributed by atoms with E-state index in [1.54, 1.807) is 34.0 Å². The summed E-state index contributed by atoms with van der Waals surface area (Å²) in [6, 6.07) is 21.5. The van der Waals surface area contributed by atoms with Crippen molar-refractivity contribution < 1.29 is 19.0 Å². The van der Waals surface area contributed by atoms with E-state index in [-0.39, 0.29) is 36.9 Å². The quantitative estimate of drug-likeness (QED) is 0.189. The van der Waals surface area contributed by atoms with E-state index in [2.05, 4.69) is 39.2 Å². The highest BCUT2D eigenvalue weighted by atomic mass is 35.5. The molecule has 3 aliphatic heterocycles. The molecule has 1 unspecified atom stereocenters. The van der Waals surface area contributed by atoms with Gasteiger partial charge >= 0.3 is 5.69 Å². The van der Waals surface area contributed by atoms with Crippen molar-refractivity contribution in [3.8, 4) is 11.4 Å².